The lowest BCUT2D eigenvalue weighted by molar-refractivity contribution is -0.0418. The van der Waals surface area contributed by atoms with Crippen molar-refractivity contribution in [2.75, 3.05) is 0 Å². The van der Waals surface area contributed by atoms with Gasteiger partial charge in [0.2, 0.25) is 0 Å². The molecule has 0 saturated heterocycles. The van der Waals surface area contributed by atoms with Crippen LogP contribution in [0.2, 0.25) is 0 Å². The van der Waals surface area contributed by atoms with Gasteiger partial charge in [-0.1, -0.05) is 158 Å². The van der Waals surface area contributed by atoms with E-state index in [0.717, 1.165) is 39.3 Å². The summed E-state index contributed by atoms with van der Waals surface area (Å²) < 4.78 is 40.3. The fraction of sp³-hybridized carbons (Fsp3) is 0.172. The number of fused-ring (bicyclic) bond motifs is 8. The van der Waals surface area contributed by atoms with Crippen LogP contribution in [0.1, 0.15) is 48.7 Å². The Labute approximate surface area is 363 Å². The molecule has 61 heavy (non-hydrogen) atoms. The van der Waals surface area contributed by atoms with Gasteiger partial charge in [-0.25, -0.2) is 0 Å². The molecule has 3 heteroatoms. The Balaban J connectivity index is 1.10. The van der Waals surface area contributed by atoms with Gasteiger partial charge in [-0.05, 0) is 124 Å². The minimum Gasteiger partial charge on any atom is -0.309 e. The first-order valence-corrected chi connectivity index (χ1v) is 24.3. The van der Waals surface area contributed by atoms with Crippen molar-refractivity contribution >= 4 is 72.4 Å². The van der Waals surface area contributed by atoms with Crippen LogP contribution in [0.5, 0.6) is 0 Å². The van der Waals surface area contributed by atoms with E-state index < -0.39 is 8.07 Å². The normalized spacial score (nSPS) is 23.4. The van der Waals surface area contributed by atoms with Crippen molar-refractivity contribution in [1.29, 1.82) is 0 Å². The molecule has 4 bridgehead atoms. The molecule has 8 aromatic carbocycles. The van der Waals surface area contributed by atoms with Gasteiger partial charge in [0.15, 0.2) is 8.07 Å². The van der Waals surface area contributed by atoms with E-state index in [2.05, 4.69) is 155 Å². The van der Waals surface area contributed by atoms with Gasteiger partial charge in [0.1, 0.15) is 0 Å². The predicted molar refractivity (Wildman–Crippen MR) is 257 cm³/mol. The molecule has 1 aliphatic heterocycles. The highest BCUT2D eigenvalue weighted by atomic mass is 28.3. The van der Waals surface area contributed by atoms with Gasteiger partial charge in [-0.2, -0.15) is 0 Å². The fourth-order valence-electron chi connectivity index (χ4n) is 14.0. The number of rotatable bonds is 5. The Hall–Kier alpha value is -6.42. The standard InChI is InChI=1S/C58H46N2Si/c1-4-15-43(16-5-1)61(44-17-6-2-7-18-44,45-19-8-3-9-20-45)46-28-29-51-56(37-46)60-55-30-27-42(59-53-25-12-10-21-47(53)48-22-11-13-26-54(48)59)36-50(55)49-23-14-24-52(57(49)60)58(51)40-32-38-31-39(34-40)35-41(58)33-38/h1-30,36-41H,31-35H2/i10D,12D,21D,25D. The SMILES string of the molecule is [2H]c1c([2H])c([2H])c2c(c1[2H])c1ccccc1n2-c1ccc2c(c1)c1cccc3c1n2-c1cc([Si](c2ccccc2)(c2ccccc2)c2ccccc2)ccc1C31C2CC3CC(C2)CC1C3. The molecule has 4 aliphatic carbocycles. The zero-order valence-electron chi connectivity index (χ0n) is 37.9. The molecule has 15 rings (SSSR count). The molecule has 5 aliphatic rings. The van der Waals surface area contributed by atoms with Crippen molar-refractivity contribution in [3.05, 3.63) is 205 Å². The average molecular weight is 803 g/mol. The summed E-state index contributed by atoms with van der Waals surface area (Å²) in [5, 5.41) is 9.26. The molecule has 4 saturated carbocycles. The minimum absolute atomic E-state index is 0.00123. The molecule has 4 fully saturated rings. The second-order valence-corrected chi connectivity index (χ2v) is 22.4. The highest BCUT2D eigenvalue weighted by Crippen LogP contribution is 2.68. The second kappa shape index (κ2) is 12.6. The zero-order chi connectivity index (χ0) is 43.3. The first-order chi connectivity index (χ1) is 31.9. The lowest BCUT2D eigenvalue weighted by Crippen LogP contribution is -2.74. The number of para-hydroxylation sites is 3. The smallest absolute Gasteiger partial charge is 0.179 e. The van der Waals surface area contributed by atoms with Gasteiger partial charge >= 0.3 is 0 Å². The first-order valence-electron chi connectivity index (χ1n) is 24.3. The van der Waals surface area contributed by atoms with Crippen LogP contribution >= 0.6 is 0 Å². The Bertz CT molecular complexity index is 3490. The van der Waals surface area contributed by atoms with Gasteiger partial charge in [-0.3, -0.25) is 0 Å². The minimum atomic E-state index is -2.87. The molecule has 10 aromatic rings. The first kappa shape index (κ1) is 30.6. The summed E-state index contributed by atoms with van der Waals surface area (Å²) >= 11 is 0. The Morgan fingerprint density at radius 1 is 0.443 bits per heavy atom. The monoisotopic (exact) mass is 802 g/mol. The maximum atomic E-state index is 9.23. The molecule has 0 atom stereocenters. The highest BCUT2D eigenvalue weighted by Gasteiger charge is 2.61. The van der Waals surface area contributed by atoms with Gasteiger partial charge < -0.3 is 9.13 Å². The number of benzene rings is 8. The summed E-state index contributed by atoms with van der Waals surface area (Å²) in [6, 6.07) is 63.0. The molecule has 2 aromatic heterocycles. The van der Waals surface area contributed by atoms with Crippen LogP contribution in [0.25, 0.3) is 55.0 Å². The summed E-state index contributed by atoms with van der Waals surface area (Å²) in [7, 11) is -2.87. The Kier molecular flexibility index (Phi) is 6.30. The molecule has 0 N–H and O–H groups in total. The molecule has 3 heterocycles. The van der Waals surface area contributed by atoms with Crippen molar-refractivity contribution in [2.45, 2.75) is 37.5 Å². The third kappa shape index (κ3) is 4.42. The van der Waals surface area contributed by atoms with Crippen molar-refractivity contribution < 1.29 is 5.48 Å². The zero-order valence-corrected chi connectivity index (χ0v) is 34.9. The molecule has 1 spiro atoms. The number of aromatic nitrogens is 2. The van der Waals surface area contributed by atoms with E-state index in [0.29, 0.717) is 22.7 Å². The number of hydrogen-bond acceptors (Lipinski definition) is 0. The van der Waals surface area contributed by atoms with Crippen LogP contribution < -0.4 is 20.7 Å². The summed E-state index contributed by atoms with van der Waals surface area (Å²) in [5.74, 6) is 2.82. The lowest BCUT2D eigenvalue weighted by atomic mass is 9.41. The highest BCUT2D eigenvalue weighted by molar-refractivity contribution is 7.19. The van der Waals surface area contributed by atoms with E-state index in [4.69, 9.17) is 4.11 Å². The molecule has 0 radical (unpaired) electrons. The van der Waals surface area contributed by atoms with E-state index in [1.165, 1.54) is 80.6 Å². The van der Waals surface area contributed by atoms with E-state index in [-0.39, 0.29) is 29.6 Å². The van der Waals surface area contributed by atoms with Crippen LogP contribution in [0.15, 0.2) is 194 Å². The number of nitrogens with zero attached hydrogens (tertiary/aromatic N) is 2. The molecule has 0 amide bonds. The third-order valence-electron chi connectivity index (χ3n) is 15.9. The fourth-order valence-corrected chi connectivity index (χ4v) is 18.8. The lowest BCUT2D eigenvalue weighted by Gasteiger charge is -2.63. The van der Waals surface area contributed by atoms with Gasteiger partial charge in [0.25, 0.3) is 0 Å². The van der Waals surface area contributed by atoms with Crippen molar-refractivity contribution in [3.8, 4) is 11.4 Å². The van der Waals surface area contributed by atoms with E-state index >= 15 is 0 Å². The second-order valence-electron chi connectivity index (χ2n) is 18.6. The summed E-state index contributed by atoms with van der Waals surface area (Å²) in [6.07, 6.45) is 6.59. The quantitative estimate of drug-likeness (QED) is 0.121. The molecule has 292 valence electrons. The van der Waals surface area contributed by atoms with Crippen molar-refractivity contribution in [2.24, 2.45) is 23.7 Å². The van der Waals surface area contributed by atoms with E-state index in [1.807, 2.05) is 24.3 Å². The maximum Gasteiger partial charge on any atom is 0.179 e. The van der Waals surface area contributed by atoms with Crippen molar-refractivity contribution in [1.82, 2.24) is 9.13 Å². The summed E-state index contributed by atoms with van der Waals surface area (Å²) in [5.41, 5.74) is 8.96. The third-order valence-corrected chi connectivity index (χ3v) is 20.7. The van der Waals surface area contributed by atoms with E-state index in [9.17, 15) is 1.37 Å². The molecule has 2 nitrogen and oxygen atoms in total. The maximum absolute atomic E-state index is 9.23. The summed E-state index contributed by atoms with van der Waals surface area (Å²) in [4.78, 5) is 0. The largest absolute Gasteiger partial charge is 0.309 e. The average Bonchev–Trinajstić information content (AvgIpc) is 3.88. The van der Waals surface area contributed by atoms with Crippen LogP contribution in [0.3, 0.4) is 0 Å². The van der Waals surface area contributed by atoms with Crippen LogP contribution in [0.4, 0.5) is 0 Å². The van der Waals surface area contributed by atoms with Crippen LogP contribution in [-0.4, -0.2) is 17.2 Å². The van der Waals surface area contributed by atoms with E-state index in [1.54, 1.807) is 0 Å². The Morgan fingerprint density at radius 2 is 1.05 bits per heavy atom. The van der Waals surface area contributed by atoms with Crippen LogP contribution in [-0.2, 0) is 5.41 Å². The topological polar surface area (TPSA) is 9.86 Å². The van der Waals surface area contributed by atoms with Gasteiger partial charge in [0.05, 0.1) is 33.2 Å². The Morgan fingerprint density at radius 3 is 1.74 bits per heavy atom. The number of hydrogen-bond donors (Lipinski definition) is 0. The van der Waals surface area contributed by atoms with Crippen LogP contribution in [0, 0.1) is 23.7 Å². The van der Waals surface area contributed by atoms with Crippen molar-refractivity contribution in [3.63, 3.8) is 0 Å². The molecular weight excluding hydrogens is 753 g/mol. The van der Waals surface area contributed by atoms with Gasteiger partial charge in [-0.15, -0.1) is 0 Å². The summed E-state index contributed by atoms with van der Waals surface area (Å²) in [6.45, 7) is 0. The predicted octanol–water partition coefficient (Wildman–Crippen LogP) is 11.3. The van der Waals surface area contributed by atoms with Gasteiger partial charge in [0, 0.05) is 32.6 Å². The molecular formula is C58H46N2Si. The molecule has 0 unspecified atom stereocenters.